The van der Waals surface area contributed by atoms with Gasteiger partial charge in [-0.3, -0.25) is 20.4 Å². The van der Waals surface area contributed by atoms with Crippen LogP contribution in [-0.4, -0.2) is 25.0 Å². The van der Waals surface area contributed by atoms with Crippen LogP contribution in [0.1, 0.15) is 0 Å². The molecule has 0 heterocycles. The third kappa shape index (κ3) is 5.98. The van der Waals surface area contributed by atoms with Gasteiger partial charge in [0.2, 0.25) is 0 Å². The van der Waals surface area contributed by atoms with Gasteiger partial charge >= 0.3 is 0 Å². The molecule has 2 rings (SSSR count). The first-order valence-corrected chi connectivity index (χ1v) is 7.63. The molecule has 0 aliphatic heterocycles. The van der Waals surface area contributed by atoms with E-state index in [-0.39, 0.29) is 13.2 Å². The second-order valence-electron chi connectivity index (χ2n) is 4.56. The third-order valence-electron chi connectivity index (χ3n) is 2.70. The number of carbonyl (C=O) groups is 2. The van der Waals surface area contributed by atoms with E-state index in [4.69, 9.17) is 32.7 Å². The van der Waals surface area contributed by atoms with Crippen molar-refractivity contribution in [2.45, 2.75) is 0 Å². The summed E-state index contributed by atoms with van der Waals surface area (Å²) < 4.78 is 10.5. The summed E-state index contributed by atoms with van der Waals surface area (Å²) in [5.41, 5.74) is 4.42. The molecule has 24 heavy (non-hydrogen) atoms. The molecule has 0 spiro atoms. The Morgan fingerprint density at radius 3 is 2.21 bits per heavy atom. The van der Waals surface area contributed by atoms with Crippen LogP contribution in [0.3, 0.4) is 0 Å². The van der Waals surface area contributed by atoms with Crippen molar-refractivity contribution in [1.29, 1.82) is 0 Å². The molecule has 0 aliphatic rings. The molecule has 8 heteroatoms. The van der Waals surface area contributed by atoms with Crippen LogP contribution in [0.15, 0.2) is 48.5 Å². The van der Waals surface area contributed by atoms with Crippen molar-refractivity contribution in [1.82, 2.24) is 10.9 Å². The topological polar surface area (TPSA) is 76.7 Å². The first kappa shape index (κ1) is 17.9. The largest absolute Gasteiger partial charge is 0.484 e. The van der Waals surface area contributed by atoms with E-state index in [0.29, 0.717) is 21.5 Å². The summed E-state index contributed by atoms with van der Waals surface area (Å²) in [6.07, 6.45) is 0. The molecule has 2 aromatic rings. The Kier molecular flexibility index (Phi) is 6.72. The first-order chi connectivity index (χ1) is 11.5. The van der Waals surface area contributed by atoms with Crippen molar-refractivity contribution in [3.63, 3.8) is 0 Å². The highest BCUT2D eigenvalue weighted by Crippen LogP contribution is 2.22. The summed E-state index contributed by atoms with van der Waals surface area (Å²) >= 11 is 11.7. The Hall–Kier alpha value is -2.44. The van der Waals surface area contributed by atoms with E-state index in [1.165, 1.54) is 0 Å². The van der Waals surface area contributed by atoms with Gasteiger partial charge in [0.25, 0.3) is 11.8 Å². The number of halogens is 2. The normalized spacial score (nSPS) is 9.92. The minimum Gasteiger partial charge on any atom is -0.484 e. The van der Waals surface area contributed by atoms with Gasteiger partial charge in [0.15, 0.2) is 13.2 Å². The van der Waals surface area contributed by atoms with Crippen LogP contribution in [0.5, 0.6) is 11.5 Å². The van der Waals surface area contributed by atoms with Crippen LogP contribution in [0, 0.1) is 0 Å². The van der Waals surface area contributed by atoms with E-state index in [2.05, 4.69) is 10.9 Å². The lowest BCUT2D eigenvalue weighted by atomic mass is 10.3. The fraction of sp³-hybridized carbons (Fsp3) is 0.125. The van der Waals surface area contributed by atoms with Crippen molar-refractivity contribution in [3.05, 3.63) is 58.6 Å². The number of para-hydroxylation sites is 1. The number of amides is 2. The van der Waals surface area contributed by atoms with E-state index < -0.39 is 11.8 Å². The maximum atomic E-state index is 11.6. The van der Waals surface area contributed by atoms with Gasteiger partial charge in [-0.25, -0.2) is 0 Å². The first-order valence-electron chi connectivity index (χ1n) is 6.88. The fourth-order valence-corrected chi connectivity index (χ4v) is 1.99. The van der Waals surface area contributed by atoms with Gasteiger partial charge in [-0.15, -0.1) is 0 Å². The smallest absolute Gasteiger partial charge is 0.276 e. The van der Waals surface area contributed by atoms with Gasteiger partial charge in [-0.2, -0.15) is 0 Å². The lowest BCUT2D eigenvalue weighted by Gasteiger charge is -2.10. The molecule has 0 radical (unpaired) electrons. The van der Waals surface area contributed by atoms with Crippen LogP contribution >= 0.6 is 23.2 Å². The highest BCUT2D eigenvalue weighted by atomic mass is 35.5. The number of nitrogens with one attached hydrogen (secondary N) is 2. The zero-order chi connectivity index (χ0) is 17.4. The Morgan fingerprint density at radius 1 is 0.875 bits per heavy atom. The fourth-order valence-electron chi connectivity index (χ4n) is 1.62. The SMILES string of the molecule is O=C(COc1cccc(Cl)c1)NNC(=O)COc1ccccc1Cl. The third-order valence-corrected chi connectivity index (χ3v) is 3.25. The van der Waals surface area contributed by atoms with E-state index in [9.17, 15) is 9.59 Å². The molecule has 0 saturated carbocycles. The molecule has 0 saturated heterocycles. The number of hydrogen-bond acceptors (Lipinski definition) is 4. The van der Waals surface area contributed by atoms with Crippen molar-refractivity contribution >= 4 is 35.0 Å². The average molecular weight is 369 g/mol. The summed E-state index contributed by atoms with van der Waals surface area (Å²) in [4.78, 5) is 23.2. The van der Waals surface area contributed by atoms with Gasteiger partial charge in [0.1, 0.15) is 11.5 Å². The Bertz CT molecular complexity index is 725. The zero-order valence-corrected chi connectivity index (χ0v) is 13.9. The van der Waals surface area contributed by atoms with Gasteiger partial charge in [0, 0.05) is 5.02 Å². The lowest BCUT2D eigenvalue weighted by molar-refractivity contribution is -0.131. The van der Waals surface area contributed by atoms with Crippen molar-refractivity contribution in [2.24, 2.45) is 0 Å². The summed E-state index contributed by atoms with van der Waals surface area (Å²) in [6, 6.07) is 13.4. The molecule has 0 aliphatic carbocycles. The van der Waals surface area contributed by atoms with Crippen LogP contribution in [0.25, 0.3) is 0 Å². The molecule has 126 valence electrons. The summed E-state index contributed by atoms with van der Waals surface area (Å²) in [6.45, 7) is -0.564. The molecular weight excluding hydrogens is 355 g/mol. The van der Waals surface area contributed by atoms with Crippen molar-refractivity contribution in [3.8, 4) is 11.5 Å². The highest BCUT2D eigenvalue weighted by Gasteiger charge is 2.08. The molecular formula is C16H14Cl2N2O4. The predicted octanol–water partition coefficient (Wildman–Crippen LogP) is 2.60. The van der Waals surface area contributed by atoms with Crippen LogP contribution < -0.4 is 20.3 Å². The van der Waals surface area contributed by atoms with Crippen LogP contribution in [0.2, 0.25) is 10.0 Å². The second-order valence-corrected chi connectivity index (χ2v) is 5.41. The number of benzene rings is 2. The molecule has 0 atom stereocenters. The Balaban J connectivity index is 1.68. The number of rotatable bonds is 6. The summed E-state index contributed by atoms with van der Waals surface area (Å²) in [7, 11) is 0. The molecule has 6 nitrogen and oxygen atoms in total. The Morgan fingerprint density at radius 2 is 1.54 bits per heavy atom. The molecule has 0 bridgehead atoms. The molecule has 0 fully saturated rings. The zero-order valence-electron chi connectivity index (χ0n) is 12.4. The number of carbonyl (C=O) groups excluding carboxylic acids is 2. The monoisotopic (exact) mass is 368 g/mol. The van der Waals surface area contributed by atoms with Crippen LogP contribution in [-0.2, 0) is 9.59 Å². The van der Waals surface area contributed by atoms with E-state index >= 15 is 0 Å². The van der Waals surface area contributed by atoms with E-state index in [0.717, 1.165) is 0 Å². The van der Waals surface area contributed by atoms with Gasteiger partial charge < -0.3 is 9.47 Å². The molecule has 0 unspecified atom stereocenters. The molecule has 2 N–H and O–H groups in total. The van der Waals surface area contributed by atoms with E-state index in [1.807, 2.05) is 0 Å². The van der Waals surface area contributed by atoms with E-state index in [1.54, 1.807) is 48.5 Å². The minimum absolute atomic E-state index is 0.272. The predicted molar refractivity (Wildman–Crippen MR) is 90.2 cm³/mol. The Labute approximate surface area is 148 Å². The molecule has 2 amide bonds. The lowest BCUT2D eigenvalue weighted by Crippen LogP contribution is -2.45. The maximum Gasteiger partial charge on any atom is 0.276 e. The van der Waals surface area contributed by atoms with Gasteiger partial charge in [-0.1, -0.05) is 41.4 Å². The average Bonchev–Trinajstić information content (AvgIpc) is 2.57. The van der Waals surface area contributed by atoms with Crippen molar-refractivity contribution in [2.75, 3.05) is 13.2 Å². The highest BCUT2D eigenvalue weighted by molar-refractivity contribution is 6.32. The number of hydrazine groups is 1. The molecule has 0 aromatic heterocycles. The second kappa shape index (κ2) is 9.00. The van der Waals surface area contributed by atoms with Crippen molar-refractivity contribution < 1.29 is 19.1 Å². The van der Waals surface area contributed by atoms with Gasteiger partial charge in [0.05, 0.1) is 5.02 Å². The number of ether oxygens (including phenoxy) is 2. The molecule has 2 aromatic carbocycles. The minimum atomic E-state index is -0.536. The van der Waals surface area contributed by atoms with Gasteiger partial charge in [-0.05, 0) is 30.3 Å². The summed E-state index contributed by atoms with van der Waals surface area (Å²) in [5.74, 6) is -0.233. The summed E-state index contributed by atoms with van der Waals surface area (Å²) in [5, 5.41) is 0.891. The van der Waals surface area contributed by atoms with Crippen LogP contribution in [0.4, 0.5) is 0 Å². The number of hydrogen-bond donors (Lipinski definition) is 2. The standard InChI is InChI=1S/C16H14Cl2N2O4/c17-11-4-3-5-12(8-11)23-9-15(21)19-20-16(22)10-24-14-7-2-1-6-13(14)18/h1-8H,9-10H2,(H,19,21)(H,20,22). The maximum absolute atomic E-state index is 11.6. The quantitative estimate of drug-likeness (QED) is 0.768.